The Balaban J connectivity index is 1.57. The molecular formula is C16H20N2O3S. The second-order valence-electron chi connectivity index (χ2n) is 6.93. The smallest absolute Gasteiger partial charge is 0.348 e. The number of fused-ring (bicyclic) bond motifs is 2. The molecule has 22 heavy (non-hydrogen) atoms. The van der Waals surface area contributed by atoms with Gasteiger partial charge in [0.15, 0.2) is 0 Å². The highest BCUT2D eigenvalue weighted by Gasteiger charge is 2.61. The number of nitrogens with zero attached hydrogens (tertiary/aromatic N) is 2. The van der Waals surface area contributed by atoms with E-state index in [2.05, 4.69) is 18.9 Å². The van der Waals surface area contributed by atoms with Gasteiger partial charge in [-0.1, -0.05) is 13.8 Å². The molecule has 0 unspecified atom stereocenters. The maximum atomic E-state index is 12.5. The molecule has 2 aromatic heterocycles. The van der Waals surface area contributed by atoms with E-state index in [1.165, 1.54) is 11.3 Å². The van der Waals surface area contributed by atoms with Crippen molar-refractivity contribution in [3.8, 4) is 0 Å². The molecule has 0 radical (unpaired) electrons. The molecule has 2 aliphatic rings. The molecule has 0 aromatic carbocycles. The molecule has 1 aliphatic carbocycles. The van der Waals surface area contributed by atoms with Gasteiger partial charge in [0.2, 0.25) is 0 Å². The van der Waals surface area contributed by atoms with E-state index in [0.717, 1.165) is 28.9 Å². The minimum atomic E-state index is -0.218. The molecule has 0 N–H and O–H groups in total. The fourth-order valence-electron chi connectivity index (χ4n) is 4.00. The van der Waals surface area contributed by atoms with E-state index < -0.39 is 0 Å². The molecule has 3 heterocycles. The van der Waals surface area contributed by atoms with Crippen molar-refractivity contribution in [1.29, 1.82) is 0 Å². The SMILES string of the molecule is Cc1nn(C)c2sc(C(=O)O[C@@H]3[C@H]4CCO[C@@H]4C3(C)C)cc12. The lowest BCUT2D eigenvalue weighted by molar-refractivity contribution is -0.183. The van der Waals surface area contributed by atoms with Crippen molar-refractivity contribution in [3.63, 3.8) is 0 Å². The van der Waals surface area contributed by atoms with Crippen molar-refractivity contribution in [3.05, 3.63) is 16.6 Å². The molecule has 1 saturated heterocycles. The van der Waals surface area contributed by atoms with Gasteiger partial charge in [0, 0.05) is 30.4 Å². The molecule has 3 atom stereocenters. The molecule has 6 heteroatoms. The highest BCUT2D eigenvalue weighted by atomic mass is 32.1. The summed E-state index contributed by atoms with van der Waals surface area (Å²) in [7, 11) is 1.90. The highest BCUT2D eigenvalue weighted by Crippen LogP contribution is 2.54. The van der Waals surface area contributed by atoms with E-state index in [9.17, 15) is 4.79 Å². The van der Waals surface area contributed by atoms with Crippen LogP contribution in [-0.4, -0.2) is 34.6 Å². The Kier molecular flexibility index (Phi) is 2.94. The first-order valence-electron chi connectivity index (χ1n) is 7.65. The van der Waals surface area contributed by atoms with E-state index >= 15 is 0 Å². The molecule has 0 bridgehead atoms. The quantitative estimate of drug-likeness (QED) is 0.798. The summed E-state index contributed by atoms with van der Waals surface area (Å²) in [6.45, 7) is 6.98. The van der Waals surface area contributed by atoms with Crippen LogP contribution in [0.5, 0.6) is 0 Å². The molecule has 2 aromatic rings. The minimum absolute atomic E-state index is 0.0445. The molecule has 5 nitrogen and oxygen atoms in total. The van der Waals surface area contributed by atoms with Crippen LogP contribution >= 0.6 is 11.3 Å². The van der Waals surface area contributed by atoms with Crippen LogP contribution in [0.25, 0.3) is 10.2 Å². The first-order chi connectivity index (χ1) is 10.4. The van der Waals surface area contributed by atoms with Crippen molar-refractivity contribution in [2.45, 2.75) is 39.4 Å². The van der Waals surface area contributed by atoms with E-state index in [4.69, 9.17) is 9.47 Å². The fraction of sp³-hybridized carbons (Fsp3) is 0.625. The summed E-state index contributed by atoms with van der Waals surface area (Å²) < 4.78 is 13.4. The van der Waals surface area contributed by atoms with Crippen LogP contribution in [-0.2, 0) is 16.5 Å². The summed E-state index contributed by atoms with van der Waals surface area (Å²) in [4.78, 5) is 14.2. The van der Waals surface area contributed by atoms with Crippen LogP contribution in [0.3, 0.4) is 0 Å². The zero-order valence-electron chi connectivity index (χ0n) is 13.3. The van der Waals surface area contributed by atoms with E-state index in [0.29, 0.717) is 10.8 Å². The van der Waals surface area contributed by atoms with Crippen LogP contribution in [0.1, 0.15) is 35.6 Å². The maximum absolute atomic E-state index is 12.5. The number of esters is 1. The fourth-order valence-corrected chi connectivity index (χ4v) is 5.00. The van der Waals surface area contributed by atoms with Gasteiger partial charge in [-0.2, -0.15) is 5.10 Å². The Labute approximate surface area is 133 Å². The Morgan fingerprint density at radius 3 is 3.05 bits per heavy atom. The van der Waals surface area contributed by atoms with Crippen molar-refractivity contribution in [2.24, 2.45) is 18.4 Å². The minimum Gasteiger partial charge on any atom is -0.457 e. The predicted octanol–water partition coefficient (Wildman–Crippen LogP) is 2.91. The first-order valence-corrected chi connectivity index (χ1v) is 8.47. The van der Waals surface area contributed by atoms with Gasteiger partial charge >= 0.3 is 5.97 Å². The zero-order valence-corrected chi connectivity index (χ0v) is 14.1. The summed E-state index contributed by atoms with van der Waals surface area (Å²) in [5.74, 6) is 0.140. The van der Waals surface area contributed by atoms with Crippen LogP contribution in [0, 0.1) is 18.3 Å². The molecule has 118 valence electrons. The van der Waals surface area contributed by atoms with Crippen molar-refractivity contribution in [1.82, 2.24) is 9.78 Å². The number of aromatic nitrogens is 2. The van der Waals surface area contributed by atoms with E-state index in [1.54, 1.807) is 0 Å². The average Bonchev–Trinajstić information content (AvgIpc) is 3.14. The predicted molar refractivity (Wildman–Crippen MR) is 84.2 cm³/mol. The van der Waals surface area contributed by atoms with Crippen molar-refractivity contribution in [2.75, 3.05) is 6.61 Å². The largest absolute Gasteiger partial charge is 0.457 e. The Morgan fingerprint density at radius 1 is 1.55 bits per heavy atom. The summed E-state index contributed by atoms with van der Waals surface area (Å²) in [6, 6.07) is 1.90. The lowest BCUT2D eigenvalue weighted by atomic mass is 9.59. The molecule has 1 saturated carbocycles. The van der Waals surface area contributed by atoms with E-state index in [1.807, 2.05) is 24.7 Å². The monoisotopic (exact) mass is 320 g/mol. The number of carbonyl (C=O) groups excluding carboxylic acids is 1. The van der Waals surface area contributed by atoms with Gasteiger partial charge in [-0.3, -0.25) is 4.68 Å². The third-order valence-electron chi connectivity index (χ3n) is 5.12. The van der Waals surface area contributed by atoms with Gasteiger partial charge in [-0.05, 0) is 19.4 Å². The number of ether oxygens (including phenoxy) is 2. The molecule has 0 amide bonds. The topological polar surface area (TPSA) is 53.4 Å². The van der Waals surface area contributed by atoms with Crippen LogP contribution in [0.4, 0.5) is 0 Å². The second-order valence-corrected chi connectivity index (χ2v) is 7.96. The second kappa shape index (κ2) is 4.55. The number of rotatable bonds is 2. The third-order valence-corrected chi connectivity index (χ3v) is 6.31. The van der Waals surface area contributed by atoms with Gasteiger partial charge in [-0.25, -0.2) is 4.79 Å². The third kappa shape index (κ3) is 1.80. The Morgan fingerprint density at radius 2 is 2.32 bits per heavy atom. The number of carbonyl (C=O) groups is 1. The number of thiophene rings is 1. The summed E-state index contributed by atoms with van der Waals surface area (Å²) in [5.41, 5.74) is 0.853. The van der Waals surface area contributed by atoms with E-state index in [-0.39, 0.29) is 23.6 Å². The standard InChI is InChI=1S/C16H20N2O3S/c1-8-10-7-11(22-14(10)18(4)17-8)15(19)21-13-9-5-6-20-12(9)16(13,2)3/h7,9,12-13H,5-6H2,1-4H3/t9-,12-,13+/m0/s1. The molecule has 0 spiro atoms. The van der Waals surface area contributed by atoms with Gasteiger partial charge in [-0.15, -0.1) is 11.3 Å². The van der Waals surface area contributed by atoms with Gasteiger partial charge in [0.1, 0.15) is 15.8 Å². The summed E-state index contributed by atoms with van der Waals surface area (Å²) >= 11 is 1.45. The molecule has 1 aliphatic heterocycles. The highest BCUT2D eigenvalue weighted by molar-refractivity contribution is 7.20. The summed E-state index contributed by atoms with van der Waals surface area (Å²) in [5, 5.41) is 5.40. The number of hydrogen-bond donors (Lipinski definition) is 0. The first kappa shape index (κ1) is 14.2. The molecule has 4 rings (SSSR count). The van der Waals surface area contributed by atoms with Gasteiger partial charge in [0.05, 0.1) is 11.8 Å². The lowest BCUT2D eigenvalue weighted by Gasteiger charge is -2.53. The number of hydrogen-bond acceptors (Lipinski definition) is 5. The van der Waals surface area contributed by atoms with Crippen molar-refractivity contribution < 1.29 is 14.3 Å². The zero-order chi connectivity index (χ0) is 15.6. The average molecular weight is 320 g/mol. The van der Waals surface area contributed by atoms with Crippen LogP contribution < -0.4 is 0 Å². The molecule has 2 fully saturated rings. The summed E-state index contributed by atoms with van der Waals surface area (Å²) in [6.07, 6.45) is 1.18. The van der Waals surface area contributed by atoms with Gasteiger partial charge < -0.3 is 9.47 Å². The number of aryl methyl sites for hydroxylation is 2. The van der Waals surface area contributed by atoms with Crippen LogP contribution in [0.2, 0.25) is 0 Å². The Bertz CT molecular complexity index is 726. The maximum Gasteiger partial charge on any atom is 0.348 e. The normalized spacial score (nSPS) is 29.4. The van der Waals surface area contributed by atoms with Gasteiger partial charge in [0.25, 0.3) is 0 Å². The molecular weight excluding hydrogens is 300 g/mol. The Hall–Kier alpha value is -1.40. The lowest BCUT2D eigenvalue weighted by Crippen LogP contribution is -2.61. The van der Waals surface area contributed by atoms with Crippen molar-refractivity contribution >= 4 is 27.5 Å². The van der Waals surface area contributed by atoms with Crippen LogP contribution in [0.15, 0.2) is 6.07 Å².